The van der Waals surface area contributed by atoms with Crippen LogP contribution < -0.4 is 21.6 Å². The molecular weight excluding hydrogens is 666 g/mol. The molecule has 7 rings (SSSR count). The highest BCUT2D eigenvalue weighted by Crippen LogP contribution is 2.40. The molecule has 1 saturated heterocycles. The van der Waals surface area contributed by atoms with Gasteiger partial charge in [0.05, 0.1) is 38.6 Å². The van der Waals surface area contributed by atoms with Crippen molar-refractivity contribution in [3.63, 3.8) is 0 Å². The molecule has 2 aliphatic rings. The van der Waals surface area contributed by atoms with Gasteiger partial charge in [0.1, 0.15) is 11.9 Å². The minimum atomic E-state index is -0.526. The third-order valence-electron chi connectivity index (χ3n) is 9.09. The zero-order chi connectivity index (χ0) is 33.6. The molecule has 0 radical (unpaired) electrons. The van der Waals surface area contributed by atoms with Gasteiger partial charge in [-0.15, -0.1) is 16.9 Å². The van der Waals surface area contributed by atoms with Gasteiger partial charge in [0, 0.05) is 58.5 Å². The molecule has 0 bridgehead atoms. The first-order chi connectivity index (χ1) is 23.1. The molecule has 4 heterocycles. The van der Waals surface area contributed by atoms with E-state index in [9.17, 15) is 9.65 Å². The van der Waals surface area contributed by atoms with Crippen molar-refractivity contribution in [2.75, 3.05) is 23.7 Å². The van der Waals surface area contributed by atoms with Crippen LogP contribution in [-0.4, -0.2) is 39.6 Å². The maximum Gasteiger partial charge on any atom is 0.141 e. The molecule has 0 spiro atoms. The number of halogens is 3. The summed E-state index contributed by atoms with van der Waals surface area (Å²) in [6.07, 6.45) is 5.76. The van der Waals surface area contributed by atoms with Crippen molar-refractivity contribution in [1.29, 1.82) is 5.26 Å². The number of piperidine rings is 1. The van der Waals surface area contributed by atoms with Gasteiger partial charge in [-0.2, -0.15) is 5.26 Å². The monoisotopic (exact) mass is 700 g/mol. The highest BCUT2D eigenvalue weighted by molar-refractivity contribution is 7.17. The summed E-state index contributed by atoms with van der Waals surface area (Å²) in [4.78, 5) is 7.05. The van der Waals surface area contributed by atoms with Gasteiger partial charge in [0.2, 0.25) is 0 Å². The van der Waals surface area contributed by atoms with Crippen molar-refractivity contribution in [2.24, 2.45) is 0 Å². The van der Waals surface area contributed by atoms with E-state index < -0.39 is 5.82 Å². The van der Waals surface area contributed by atoms with Crippen molar-refractivity contribution in [3.8, 4) is 6.07 Å². The summed E-state index contributed by atoms with van der Waals surface area (Å²) in [5, 5.41) is 23.6. The zero-order valence-electron chi connectivity index (χ0n) is 26.7. The van der Waals surface area contributed by atoms with Gasteiger partial charge in [0.15, 0.2) is 0 Å². The van der Waals surface area contributed by atoms with Crippen LogP contribution in [0, 0.1) is 17.1 Å². The number of hydrogen-bond acceptors (Lipinski definition) is 9. The lowest BCUT2D eigenvalue weighted by Crippen LogP contribution is -2.52. The molecule has 1 fully saturated rings. The summed E-state index contributed by atoms with van der Waals surface area (Å²) >= 11 is 14.7. The predicted octanol–water partition coefficient (Wildman–Crippen LogP) is 9.09. The summed E-state index contributed by atoms with van der Waals surface area (Å²) in [5.41, 5.74) is 11.8. The zero-order valence-corrected chi connectivity index (χ0v) is 29.1. The quantitative estimate of drug-likeness (QED) is 0.134. The van der Waals surface area contributed by atoms with E-state index in [0.717, 1.165) is 48.3 Å². The summed E-state index contributed by atoms with van der Waals surface area (Å²) in [5.74, 6) is -0.526. The summed E-state index contributed by atoms with van der Waals surface area (Å²) < 4.78 is 15.1. The number of benzene rings is 3. The molecule has 0 saturated carbocycles. The van der Waals surface area contributed by atoms with Gasteiger partial charge < -0.3 is 16.1 Å². The van der Waals surface area contributed by atoms with Crippen LogP contribution in [0.15, 0.2) is 78.1 Å². The van der Waals surface area contributed by atoms with Gasteiger partial charge in [-0.25, -0.2) is 4.39 Å². The van der Waals surface area contributed by atoms with Crippen LogP contribution in [0.2, 0.25) is 10.0 Å². The molecule has 2 aromatic heterocycles. The van der Waals surface area contributed by atoms with Crippen LogP contribution in [-0.2, 0) is 0 Å². The van der Waals surface area contributed by atoms with Crippen molar-refractivity contribution in [3.05, 3.63) is 105 Å². The maximum atomic E-state index is 13.9. The van der Waals surface area contributed by atoms with E-state index in [4.69, 9.17) is 23.2 Å². The van der Waals surface area contributed by atoms with E-state index in [-0.39, 0.29) is 16.6 Å². The Kier molecular flexibility index (Phi) is 8.83. The van der Waals surface area contributed by atoms with Crippen LogP contribution in [0.4, 0.5) is 21.5 Å². The maximum absolute atomic E-state index is 13.9. The molecule has 48 heavy (non-hydrogen) atoms. The Morgan fingerprint density at radius 3 is 2.56 bits per heavy atom. The normalized spacial score (nSPS) is 16.5. The average molecular weight is 702 g/mol. The second-order valence-corrected chi connectivity index (χ2v) is 14.9. The number of likely N-dealkylation sites (tertiary alicyclic amines) is 1. The van der Waals surface area contributed by atoms with E-state index in [2.05, 4.69) is 99.2 Å². The van der Waals surface area contributed by atoms with Crippen LogP contribution in [0.3, 0.4) is 0 Å². The van der Waals surface area contributed by atoms with Gasteiger partial charge in [-0.1, -0.05) is 41.4 Å². The molecule has 2 aliphatic heterocycles. The van der Waals surface area contributed by atoms with E-state index in [0.29, 0.717) is 38.9 Å². The molecule has 3 aromatic carbocycles. The van der Waals surface area contributed by atoms with Crippen molar-refractivity contribution >= 4 is 72.6 Å². The molecule has 8 nitrogen and oxygen atoms in total. The standard InChI is InChI=1S/C36H35Cl2FN8S/c1-36(2,3)46-12-10-24(11-13-46)47-19-31(44-45-47)35(27-20-48-32-7-5-4-6-25(27)32)43-23-14-26-33(42-22-8-9-30(39)28(37)15-22)21(17-40)18-41-34(26)29(38)16-23/h4-9,14-16,18-20,24,35,43-45H,10-13H2,1-3H3,(H,41,42)/t35-/m0/s1. The Bertz CT molecular complexity index is 2080. The molecule has 4 N–H and O–H groups in total. The third-order valence-corrected chi connectivity index (χ3v) is 10.7. The number of nitrogens with zero attached hydrogens (tertiary/aromatic N) is 4. The largest absolute Gasteiger partial charge is 0.373 e. The number of fused-ring (bicyclic) bond motifs is 2. The van der Waals surface area contributed by atoms with Crippen LogP contribution in [0.25, 0.3) is 21.0 Å². The molecule has 0 aliphatic carbocycles. The first-order valence-electron chi connectivity index (χ1n) is 15.8. The predicted molar refractivity (Wildman–Crippen MR) is 195 cm³/mol. The molecule has 246 valence electrons. The number of thiophene rings is 1. The van der Waals surface area contributed by atoms with E-state index >= 15 is 0 Å². The minimum Gasteiger partial charge on any atom is -0.373 e. The average Bonchev–Trinajstić information content (AvgIpc) is 3.74. The van der Waals surface area contributed by atoms with E-state index in [1.54, 1.807) is 17.4 Å². The Morgan fingerprint density at radius 1 is 1.04 bits per heavy atom. The van der Waals surface area contributed by atoms with Gasteiger partial charge in [-0.3, -0.25) is 14.9 Å². The summed E-state index contributed by atoms with van der Waals surface area (Å²) in [7, 11) is 0. The van der Waals surface area contributed by atoms with E-state index in [1.807, 2.05) is 12.1 Å². The molecule has 0 unspecified atom stereocenters. The number of rotatable bonds is 7. The van der Waals surface area contributed by atoms with Crippen LogP contribution in [0.5, 0.6) is 0 Å². The number of aromatic nitrogens is 1. The Balaban J connectivity index is 1.26. The molecule has 5 aromatic rings. The number of pyridine rings is 1. The van der Waals surface area contributed by atoms with E-state index in [1.165, 1.54) is 23.0 Å². The Morgan fingerprint density at radius 2 is 1.81 bits per heavy atom. The second kappa shape index (κ2) is 13.1. The summed E-state index contributed by atoms with van der Waals surface area (Å²) in [6, 6.07) is 18.8. The lowest BCUT2D eigenvalue weighted by molar-refractivity contribution is 0.0570. The number of anilines is 3. The number of nitriles is 1. The molecule has 1 atom stereocenters. The number of nitrogens with one attached hydrogen (secondary N) is 4. The highest BCUT2D eigenvalue weighted by Gasteiger charge is 2.32. The van der Waals surface area contributed by atoms with Crippen molar-refractivity contribution < 1.29 is 4.39 Å². The molecule has 12 heteroatoms. The topological polar surface area (TPSA) is 91.3 Å². The molecule has 0 amide bonds. The van der Waals surface area contributed by atoms with Gasteiger partial charge in [-0.05, 0) is 86.3 Å². The lowest BCUT2D eigenvalue weighted by Gasteiger charge is -2.42. The minimum absolute atomic E-state index is 0.0252. The van der Waals surface area contributed by atoms with Crippen molar-refractivity contribution in [2.45, 2.75) is 51.2 Å². The van der Waals surface area contributed by atoms with Gasteiger partial charge >= 0.3 is 0 Å². The number of hydrazine groups is 2. The third kappa shape index (κ3) is 6.37. The highest BCUT2D eigenvalue weighted by atomic mass is 35.5. The van der Waals surface area contributed by atoms with Gasteiger partial charge in [0.25, 0.3) is 0 Å². The van der Waals surface area contributed by atoms with Crippen molar-refractivity contribution in [1.82, 2.24) is 25.9 Å². The fourth-order valence-corrected chi connectivity index (χ4v) is 7.93. The fraction of sp³-hybridized carbons (Fsp3) is 0.278. The van der Waals surface area contributed by atoms with Crippen LogP contribution in [0.1, 0.15) is 50.8 Å². The second-order valence-electron chi connectivity index (χ2n) is 13.1. The lowest BCUT2D eigenvalue weighted by atomic mass is 9.97. The SMILES string of the molecule is CC(C)(C)N1CCC(N2C=C([C@@H](Nc3cc(Cl)c4ncc(C#N)c(Nc5ccc(F)c(Cl)c5)c4c3)c3csc4ccccc34)NN2)CC1. The first kappa shape index (κ1) is 32.4. The first-order valence-corrected chi connectivity index (χ1v) is 17.5. The number of hydrogen-bond donors (Lipinski definition) is 4. The smallest absolute Gasteiger partial charge is 0.141 e. The Labute approximate surface area is 293 Å². The Hall–Kier alpha value is -4.11. The summed E-state index contributed by atoms with van der Waals surface area (Å²) in [6.45, 7) is 8.91. The van der Waals surface area contributed by atoms with Crippen LogP contribution >= 0.6 is 34.5 Å². The fourth-order valence-electron chi connectivity index (χ4n) is 6.49. The molecular formula is C36H35Cl2FN8S.